The van der Waals surface area contributed by atoms with Gasteiger partial charge in [0, 0.05) is 0 Å². The molecule has 0 heterocycles. The second-order valence-corrected chi connectivity index (χ2v) is 7.69. The molecule has 0 fully saturated rings. The molecule has 22 heavy (non-hydrogen) atoms. The summed E-state index contributed by atoms with van der Waals surface area (Å²) in [5.74, 6) is -0.0813. The van der Waals surface area contributed by atoms with Crippen molar-refractivity contribution in [2.24, 2.45) is 15.2 Å². The maximum atomic E-state index is 11.1. The van der Waals surface area contributed by atoms with E-state index in [1.165, 1.54) is 36.4 Å². The van der Waals surface area contributed by atoms with Gasteiger partial charge in [-0.2, -0.15) is 0 Å². The van der Waals surface area contributed by atoms with Crippen LogP contribution in [-0.2, 0) is 3.74 Å². The third-order valence-electron chi connectivity index (χ3n) is 2.59. The first kappa shape index (κ1) is 16.3. The molecular weight excluding hydrogens is 369 g/mol. The predicted molar refractivity (Wildman–Crippen MR) is 83.9 cm³/mol. The van der Waals surface area contributed by atoms with E-state index >= 15 is 0 Å². The van der Waals surface area contributed by atoms with Crippen molar-refractivity contribution < 1.29 is 17.0 Å². The first-order chi connectivity index (χ1) is 10.4. The normalized spacial score (nSPS) is 11.4. The summed E-state index contributed by atoms with van der Waals surface area (Å²) in [6, 6.07) is 9.86. The van der Waals surface area contributed by atoms with E-state index in [1.54, 1.807) is 6.07 Å². The van der Waals surface area contributed by atoms with E-state index in [9.17, 15) is 8.85 Å². The van der Waals surface area contributed by atoms with Gasteiger partial charge in [0.1, 0.15) is 0 Å². The van der Waals surface area contributed by atoms with Crippen molar-refractivity contribution in [2.75, 3.05) is 0 Å². The van der Waals surface area contributed by atoms with E-state index in [-0.39, 0.29) is 15.8 Å². The van der Waals surface area contributed by atoms with E-state index in [1.807, 2.05) is 0 Å². The Balaban J connectivity index is 2.27. The van der Waals surface area contributed by atoms with Crippen LogP contribution in [0, 0.1) is 0 Å². The van der Waals surface area contributed by atoms with E-state index in [0.29, 0.717) is 11.4 Å². The van der Waals surface area contributed by atoms with E-state index < -0.39 is 14.2 Å². The fraction of sp³-hybridized carbons (Fsp3) is 0. The second-order valence-electron chi connectivity index (χ2n) is 4.14. The predicted octanol–water partition coefficient (Wildman–Crippen LogP) is 2.10. The molecule has 2 aromatic rings. The molecule has 0 aliphatic heterocycles. The number of hydrogen-bond donors (Lipinski definition) is 3. The molecule has 2 aromatic carbocycles. The number of hydrogen-bond acceptors (Lipinski definition) is 6. The van der Waals surface area contributed by atoms with Crippen molar-refractivity contribution in [1.29, 1.82) is 0 Å². The summed E-state index contributed by atoms with van der Waals surface area (Å²) in [6.07, 6.45) is 0. The molecule has 0 aliphatic rings. The van der Waals surface area contributed by atoms with E-state index in [4.69, 9.17) is 8.19 Å². The molecule has 9 heteroatoms. The molecule has 0 radical (unpaired) electrons. The molecule has 0 saturated heterocycles. The van der Waals surface area contributed by atoms with Gasteiger partial charge in [-0.05, 0) is 0 Å². The van der Waals surface area contributed by atoms with Gasteiger partial charge in [0.05, 0.1) is 0 Å². The molecule has 0 aliphatic carbocycles. The fourth-order valence-corrected chi connectivity index (χ4v) is 2.77. The molecule has 0 spiro atoms. The van der Waals surface area contributed by atoms with Gasteiger partial charge in [0.15, 0.2) is 0 Å². The third kappa shape index (κ3) is 4.21. The van der Waals surface area contributed by atoms with Gasteiger partial charge < -0.3 is 0 Å². The van der Waals surface area contributed by atoms with Crippen LogP contribution in [0.3, 0.4) is 0 Å². The molecule has 7 nitrogen and oxygen atoms in total. The Bertz CT molecular complexity index is 811. The van der Waals surface area contributed by atoms with Crippen LogP contribution in [0.2, 0.25) is 0 Å². The molecule has 0 amide bonds. The summed E-state index contributed by atoms with van der Waals surface area (Å²) < 4.78 is 29.2. The maximum absolute atomic E-state index is 11.1. The zero-order valence-electron chi connectivity index (χ0n) is 11.0. The summed E-state index contributed by atoms with van der Waals surface area (Å²) >= 11 is -0.397. The number of thiocarbonyl (C=S) groups is 1. The van der Waals surface area contributed by atoms with Gasteiger partial charge in [0.2, 0.25) is 0 Å². The summed E-state index contributed by atoms with van der Waals surface area (Å²) in [7, 11) is 0. The zero-order chi connectivity index (χ0) is 16.2. The summed E-state index contributed by atoms with van der Waals surface area (Å²) in [4.78, 5) is 3.77. The van der Waals surface area contributed by atoms with Crippen molar-refractivity contribution in [3.8, 4) is 5.75 Å². The van der Waals surface area contributed by atoms with Gasteiger partial charge in [-0.25, -0.2) is 0 Å². The van der Waals surface area contributed by atoms with Gasteiger partial charge in [-0.3, -0.25) is 0 Å². The Labute approximate surface area is 133 Å². The summed E-state index contributed by atoms with van der Waals surface area (Å²) in [5, 5.41) is 19.7. The number of isothiocyanates is 1. The standard InChI is InChI=1S/C13H10AsN3O4S/c18-13-6-5-11(15-8-22)7-12(13)17-16-10-3-1-9(2-4-10)14(19,20)21/h1-7,18H,(H2,19,20,21). The van der Waals surface area contributed by atoms with Crippen LogP contribution in [0.4, 0.5) is 17.1 Å². The molecule has 3 N–H and O–H groups in total. The summed E-state index contributed by atoms with van der Waals surface area (Å²) in [5.41, 5.74) is 1.05. The number of azo groups is 1. The van der Waals surface area contributed by atoms with Crippen LogP contribution in [0.1, 0.15) is 0 Å². The van der Waals surface area contributed by atoms with E-state index in [2.05, 4.69) is 32.6 Å². The Hall–Kier alpha value is -2.08. The third-order valence-corrected chi connectivity index (χ3v) is 4.72. The molecule has 112 valence electrons. The number of phenolic OH excluding ortho intramolecular Hbond substituents is 1. The summed E-state index contributed by atoms with van der Waals surface area (Å²) in [6.45, 7) is 0. The second kappa shape index (κ2) is 6.79. The molecule has 2 rings (SSSR count). The first-order valence-electron chi connectivity index (χ1n) is 5.89. The molecular formula is C13H10AsN3O4S. The number of aromatic hydroxyl groups is 1. The molecule has 0 atom stereocenters. The minimum absolute atomic E-state index is 0.0442. The van der Waals surface area contributed by atoms with Crippen LogP contribution in [-0.4, -0.2) is 32.6 Å². The average molecular weight is 379 g/mol. The Morgan fingerprint density at radius 1 is 1.00 bits per heavy atom. The number of phenols is 1. The molecule has 0 aromatic heterocycles. The minimum atomic E-state index is -4.89. The molecule has 0 bridgehead atoms. The number of rotatable bonds is 4. The van der Waals surface area contributed by atoms with Gasteiger partial charge >= 0.3 is 133 Å². The molecule has 0 saturated carbocycles. The fourth-order valence-electron chi connectivity index (χ4n) is 1.54. The van der Waals surface area contributed by atoms with Crippen molar-refractivity contribution in [2.45, 2.75) is 0 Å². The van der Waals surface area contributed by atoms with Crippen LogP contribution in [0.25, 0.3) is 0 Å². The van der Waals surface area contributed by atoms with Gasteiger partial charge in [-0.1, -0.05) is 0 Å². The van der Waals surface area contributed by atoms with Crippen LogP contribution in [0.5, 0.6) is 5.75 Å². The van der Waals surface area contributed by atoms with Crippen LogP contribution >= 0.6 is 12.2 Å². The topological polar surface area (TPSA) is 115 Å². The Morgan fingerprint density at radius 3 is 2.23 bits per heavy atom. The van der Waals surface area contributed by atoms with Crippen LogP contribution in [0.15, 0.2) is 57.7 Å². The average Bonchev–Trinajstić information content (AvgIpc) is 2.47. The quantitative estimate of drug-likeness (QED) is 0.326. The first-order valence-corrected chi connectivity index (χ1v) is 9.68. The number of nitrogens with zero attached hydrogens (tertiary/aromatic N) is 3. The van der Waals surface area contributed by atoms with E-state index in [0.717, 1.165) is 0 Å². The van der Waals surface area contributed by atoms with Gasteiger partial charge in [-0.15, -0.1) is 0 Å². The van der Waals surface area contributed by atoms with Crippen molar-refractivity contribution in [3.05, 3.63) is 42.5 Å². The SMILES string of the molecule is O=[As](O)(O)c1ccc(N=Nc2cc(N=C=S)ccc2O)cc1. The van der Waals surface area contributed by atoms with Crippen LogP contribution < -0.4 is 4.35 Å². The number of benzene rings is 2. The van der Waals surface area contributed by atoms with Crippen molar-refractivity contribution in [1.82, 2.24) is 0 Å². The van der Waals surface area contributed by atoms with Crippen molar-refractivity contribution in [3.63, 3.8) is 0 Å². The van der Waals surface area contributed by atoms with Gasteiger partial charge in [0.25, 0.3) is 0 Å². The Morgan fingerprint density at radius 2 is 1.64 bits per heavy atom. The molecule has 0 unspecified atom stereocenters. The zero-order valence-corrected chi connectivity index (χ0v) is 13.7. The van der Waals surface area contributed by atoms with Crippen molar-refractivity contribution >= 4 is 53.0 Å². The monoisotopic (exact) mass is 379 g/mol. The Kier molecular flexibility index (Phi) is 5.03. The number of aliphatic imine (C=N–C) groups is 1.